The molecule has 24 heavy (non-hydrogen) atoms. The molecule has 0 unspecified atom stereocenters. The molecule has 2 aromatic heterocycles. The first-order chi connectivity index (χ1) is 11.5. The van der Waals surface area contributed by atoms with Crippen molar-refractivity contribution in [3.8, 4) is 5.75 Å². The zero-order valence-corrected chi connectivity index (χ0v) is 13.9. The quantitative estimate of drug-likeness (QED) is 0.724. The molecule has 0 atom stereocenters. The topological polar surface area (TPSA) is 69.9 Å². The highest BCUT2D eigenvalue weighted by molar-refractivity contribution is 6.05. The van der Waals surface area contributed by atoms with Gasteiger partial charge in [-0.15, -0.1) is 0 Å². The molecule has 0 saturated carbocycles. The van der Waals surface area contributed by atoms with Crippen molar-refractivity contribution in [3.63, 3.8) is 0 Å². The number of aromatic hydroxyl groups is 1. The molecule has 0 fully saturated rings. The number of carbonyl (C=O) groups is 1. The van der Waals surface area contributed by atoms with Crippen LogP contribution in [0.15, 0.2) is 42.6 Å². The second kappa shape index (κ2) is 6.33. The maximum atomic E-state index is 12.7. The standard InChI is InChI=1S/C18H20N4O2/c1-12-7-8-15(23)13(10-12)19-18(24)17-14(11-21(2)3)22-9-5-4-6-16(22)20-17/h4-10,23H,11H2,1-3H3,(H,19,24). The second-order valence-electron chi connectivity index (χ2n) is 6.05. The number of nitrogens with zero attached hydrogens (tertiary/aromatic N) is 3. The number of benzene rings is 1. The van der Waals surface area contributed by atoms with Gasteiger partial charge >= 0.3 is 0 Å². The SMILES string of the molecule is Cc1ccc(O)c(NC(=O)c2nc3ccccn3c2CN(C)C)c1. The van der Waals surface area contributed by atoms with Crippen molar-refractivity contribution in [2.24, 2.45) is 0 Å². The third kappa shape index (κ3) is 3.09. The Bertz CT molecular complexity index is 899. The Balaban J connectivity index is 2.01. The van der Waals surface area contributed by atoms with Gasteiger partial charge in [0, 0.05) is 12.7 Å². The number of phenolic OH excluding ortho intramolecular Hbond substituents is 1. The second-order valence-corrected chi connectivity index (χ2v) is 6.05. The van der Waals surface area contributed by atoms with Crippen molar-refractivity contribution >= 4 is 17.2 Å². The Hall–Kier alpha value is -2.86. The number of amides is 1. The highest BCUT2D eigenvalue weighted by Crippen LogP contribution is 2.25. The number of pyridine rings is 1. The van der Waals surface area contributed by atoms with E-state index in [9.17, 15) is 9.90 Å². The number of imidazole rings is 1. The van der Waals surface area contributed by atoms with E-state index in [0.717, 1.165) is 11.3 Å². The molecule has 0 aliphatic heterocycles. The normalized spacial score (nSPS) is 11.2. The summed E-state index contributed by atoms with van der Waals surface area (Å²) < 4.78 is 1.91. The molecular formula is C18H20N4O2. The fourth-order valence-corrected chi connectivity index (χ4v) is 2.61. The van der Waals surface area contributed by atoms with Gasteiger partial charge in [-0.1, -0.05) is 12.1 Å². The van der Waals surface area contributed by atoms with E-state index in [2.05, 4.69) is 10.3 Å². The lowest BCUT2D eigenvalue weighted by Gasteiger charge is -2.12. The van der Waals surface area contributed by atoms with Crippen LogP contribution >= 0.6 is 0 Å². The van der Waals surface area contributed by atoms with Crippen LogP contribution in [0.2, 0.25) is 0 Å². The summed E-state index contributed by atoms with van der Waals surface area (Å²) in [6.45, 7) is 2.48. The van der Waals surface area contributed by atoms with Crippen molar-refractivity contribution in [3.05, 3.63) is 59.5 Å². The third-order valence-corrected chi connectivity index (χ3v) is 3.71. The average Bonchev–Trinajstić information content (AvgIpc) is 2.89. The fraction of sp³-hybridized carbons (Fsp3) is 0.222. The zero-order valence-electron chi connectivity index (χ0n) is 13.9. The number of nitrogens with one attached hydrogen (secondary N) is 1. The Morgan fingerprint density at radius 1 is 1.29 bits per heavy atom. The molecule has 0 radical (unpaired) electrons. The zero-order chi connectivity index (χ0) is 17.3. The van der Waals surface area contributed by atoms with Gasteiger partial charge < -0.3 is 19.7 Å². The van der Waals surface area contributed by atoms with Crippen LogP contribution < -0.4 is 5.32 Å². The number of anilines is 1. The molecule has 0 aliphatic rings. The molecule has 0 aliphatic carbocycles. The van der Waals surface area contributed by atoms with E-state index in [-0.39, 0.29) is 11.7 Å². The lowest BCUT2D eigenvalue weighted by molar-refractivity contribution is 0.102. The molecule has 3 rings (SSSR count). The van der Waals surface area contributed by atoms with Gasteiger partial charge in [0.05, 0.1) is 11.4 Å². The number of hydrogen-bond donors (Lipinski definition) is 2. The predicted molar refractivity (Wildman–Crippen MR) is 93.4 cm³/mol. The average molecular weight is 324 g/mol. The number of rotatable bonds is 4. The molecule has 1 aromatic carbocycles. The number of aromatic nitrogens is 2. The minimum Gasteiger partial charge on any atom is -0.506 e. The van der Waals surface area contributed by atoms with Gasteiger partial charge in [0.1, 0.15) is 11.4 Å². The number of carbonyl (C=O) groups excluding carboxylic acids is 1. The maximum absolute atomic E-state index is 12.7. The summed E-state index contributed by atoms with van der Waals surface area (Å²) in [7, 11) is 3.88. The highest BCUT2D eigenvalue weighted by Gasteiger charge is 2.20. The molecular weight excluding hydrogens is 304 g/mol. The van der Waals surface area contributed by atoms with Crippen LogP contribution in [0.25, 0.3) is 5.65 Å². The van der Waals surface area contributed by atoms with Gasteiger partial charge in [-0.25, -0.2) is 4.98 Å². The van der Waals surface area contributed by atoms with E-state index in [1.165, 1.54) is 0 Å². The lowest BCUT2D eigenvalue weighted by Crippen LogP contribution is -2.19. The molecule has 2 N–H and O–H groups in total. The summed E-state index contributed by atoms with van der Waals surface area (Å²) in [6.07, 6.45) is 1.89. The van der Waals surface area contributed by atoms with Gasteiger partial charge in [0.15, 0.2) is 5.69 Å². The van der Waals surface area contributed by atoms with Crippen molar-refractivity contribution in [1.29, 1.82) is 0 Å². The molecule has 124 valence electrons. The van der Waals surface area contributed by atoms with E-state index in [0.29, 0.717) is 23.6 Å². The summed E-state index contributed by atoms with van der Waals surface area (Å²) in [4.78, 5) is 19.2. The number of aryl methyl sites for hydroxylation is 1. The highest BCUT2D eigenvalue weighted by atomic mass is 16.3. The Labute approximate surface area is 140 Å². The summed E-state index contributed by atoms with van der Waals surface area (Å²) in [5.41, 5.74) is 3.21. The molecule has 2 heterocycles. The monoisotopic (exact) mass is 324 g/mol. The molecule has 0 saturated heterocycles. The Morgan fingerprint density at radius 2 is 2.08 bits per heavy atom. The van der Waals surface area contributed by atoms with E-state index >= 15 is 0 Å². The van der Waals surface area contributed by atoms with Crippen LogP contribution in [-0.2, 0) is 6.54 Å². The van der Waals surface area contributed by atoms with Crippen LogP contribution in [0, 0.1) is 6.92 Å². The summed E-state index contributed by atoms with van der Waals surface area (Å²) in [6, 6.07) is 10.7. The van der Waals surface area contributed by atoms with Crippen LogP contribution in [0.3, 0.4) is 0 Å². The first-order valence-corrected chi connectivity index (χ1v) is 7.67. The number of phenols is 1. The smallest absolute Gasteiger partial charge is 0.276 e. The largest absolute Gasteiger partial charge is 0.506 e. The number of hydrogen-bond acceptors (Lipinski definition) is 4. The van der Waals surface area contributed by atoms with Crippen molar-refractivity contribution < 1.29 is 9.90 Å². The fourth-order valence-electron chi connectivity index (χ4n) is 2.61. The van der Waals surface area contributed by atoms with Crippen LogP contribution in [-0.4, -0.2) is 39.4 Å². The van der Waals surface area contributed by atoms with Crippen molar-refractivity contribution in [2.75, 3.05) is 19.4 Å². The lowest BCUT2D eigenvalue weighted by atomic mass is 10.2. The maximum Gasteiger partial charge on any atom is 0.276 e. The summed E-state index contributed by atoms with van der Waals surface area (Å²) in [5.74, 6) is -0.302. The molecule has 1 amide bonds. The van der Waals surface area contributed by atoms with Gasteiger partial charge in [0.25, 0.3) is 5.91 Å². The van der Waals surface area contributed by atoms with E-state index < -0.39 is 0 Å². The third-order valence-electron chi connectivity index (χ3n) is 3.71. The predicted octanol–water partition coefficient (Wildman–Crippen LogP) is 2.66. The van der Waals surface area contributed by atoms with Crippen LogP contribution in [0.4, 0.5) is 5.69 Å². The minimum atomic E-state index is -0.337. The Morgan fingerprint density at radius 3 is 2.83 bits per heavy atom. The van der Waals surface area contributed by atoms with Gasteiger partial charge in [-0.3, -0.25) is 4.79 Å². The first-order valence-electron chi connectivity index (χ1n) is 7.67. The number of fused-ring (bicyclic) bond motifs is 1. The van der Waals surface area contributed by atoms with Crippen LogP contribution in [0.5, 0.6) is 5.75 Å². The summed E-state index contributed by atoms with van der Waals surface area (Å²) >= 11 is 0. The summed E-state index contributed by atoms with van der Waals surface area (Å²) in [5, 5.41) is 12.7. The van der Waals surface area contributed by atoms with Crippen molar-refractivity contribution in [1.82, 2.24) is 14.3 Å². The minimum absolute atomic E-state index is 0.0341. The first kappa shape index (κ1) is 16.0. The van der Waals surface area contributed by atoms with Gasteiger partial charge in [0.2, 0.25) is 0 Å². The molecule has 0 bridgehead atoms. The van der Waals surface area contributed by atoms with E-state index in [4.69, 9.17) is 0 Å². The molecule has 6 nitrogen and oxygen atoms in total. The molecule has 0 spiro atoms. The molecule has 6 heteroatoms. The molecule has 3 aromatic rings. The van der Waals surface area contributed by atoms with E-state index in [1.54, 1.807) is 18.2 Å². The van der Waals surface area contributed by atoms with E-state index in [1.807, 2.05) is 54.7 Å². The van der Waals surface area contributed by atoms with Crippen molar-refractivity contribution in [2.45, 2.75) is 13.5 Å². The van der Waals surface area contributed by atoms with Gasteiger partial charge in [-0.05, 0) is 50.8 Å². The van der Waals surface area contributed by atoms with Gasteiger partial charge in [-0.2, -0.15) is 0 Å². The van der Waals surface area contributed by atoms with Crippen LogP contribution in [0.1, 0.15) is 21.7 Å². The Kier molecular flexibility index (Phi) is 4.22.